The molecule has 14 heteroatoms. The maximum absolute atomic E-state index is 12.6. The van der Waals surface area contributed by atoms with Crippen molar-refractivity contribution in [2.24, 2.45) is 0 Å². The number of aliphatic hydroxyl groups excluding tert-OH is 2. The molecule has 32 heavy (non-hydrogen) atoms. The summed E-state index contributed by atoms with van der Waals surface area (Å²) in [5.74, 6) is -1.29. The van der Waals surface area contributed by atoms with Crippen LogP contribution in [0.2, 0.25) is 0 Å². The molecule has 0 saturated carbocycles. The Bertz CT molecular complexity index is 1010. The number of ether oxygens (including phenoxy) is 2. The maximum Gasteiger partial charge on any atom is 0.573 e. The monoisotopic (exact) mass is 482 g/mol. The number of aliphatic hydroxyl groups is 2. The summed E-state index contributed by atoms with van der Waals surface area (Å²) in [6, 6.07) is 7.10. The molecule has 2 rings (SSSR count). The molecule has 0 heterocycles. The van der Waals surface area contributed by atoms with Gasteiger partial charge in [-0.15, -0.1) is 13.2 Å². The molecule has 2 aromatic rings. The Kier molecular flexibility index (Phi) is 7.82. The predicted molar refractivity (Wildman–Crippen MR) is 98.5 cm³/mol. The molecule has 2 atom stereocenters. The van der Waals surface area contributed by atoms with Gasteiger partial charge in [0.25, 0.3) is 0 Å². The van der Waals surface area contributed by atoms with Crippen LogP contribution in [-0.2, 0) is 14.6 Å². The van der Waals surface area contributed by atoms with E-state index in [2.05, 4.69) is 4.74 Å². The number of amides is 1. The molecule has 0 fully saturated rings. The standard InChI is InChI=1S/C18H19F3NO9S/c19-18(20,21)31-14-3-1-12(2-4-14)30-13-5-7-15(8-6-13)32(28,29)10-16(17(25)9-23)22(26,27)11-24/h1-8,11,16-17,23,25-27H,9-10H2/q+1/t16-,17-/m1/s1. The van der Waals surface area contributed by atoms with E-state index in [1.165, 1.54) is 24.3 Å². The lowest BCUT2D eigenvalue weighted by Crippen LogP contribution is -2.58. The van der Waals surface area contributed by atoms with Crippen molar-refractivity contribution in [3.05, 3.63) is 48.5 Å². The summed E-state index contributed by atoms with van der Waals surface area (Å²) in [5.41, 5.74) is 0. The number of hydrogen-bond acceptors (Lipinski definition) is 9. The van der Waals surface area contributed by atoms with Gasteiger partial charge in [-0.2, -0.15) is 10.4 Å². The average Bonchev–Trinajstić information content (AvgIpc) is 2.72. The zero-order valence-corrected chi connectivity index (χ0v) is 16.9. The largest absolute Gasteiger partial charge is 0.573 e. The first-order valence-corrected chi connectivity index (χ1v) is 10.4. The van der Waals surface area contributed by atoms with Crippen molar-refractivity contribution in [3.63, 3.8) is 0 Å². The zero-order chi connectivity index (χ0) is 24.2. The first-order valence-electron chi connectivity index (χ1n) is 8.73. The summed E-state index contributed by atoms with van der Waals surface area (Å²) >= 11 is 0. The minimum Gasteiger partial charge on any atom is -0.457 e. The van der Waals surface area contributed by atoms with Gasteiger partial charge in [-0.25, -0.2) is 13.2 Å². The number of quaternary nitrogens is 1. The summed E-state index contributed by atoms with van der Waals surface area (Å²) in [5, 5.41) is 37.9. The topological polar surface area (TPSA) is 151 Å². The van der Waals surface area contributed by atoms with Crippen LogP contribution in [0.15, 0.2) is 53.4 Å². The van der Waals surface area contributed by atoms with Crippen LogP contribution >= 0.6 is 0 Å². The predicted octanol–water partition coefficient (Wildman–Crippen LogP) is 1.62. The quantitative estimate of drug-likeness (QED) is 0.171. The summed E-state index contributed by atoms with van der Waals surface area (Å²) in [6.07, 6.45) is -7.19. The van der Waals surface area contributed by atoms with Gasteiger partial charge in [0.2, 0.25) is 6.04 Å². The molecule has 2 aromatic carbocycles. The highest BCUT2D eigenvalue weighted by molar-refractivity contribution is 7.91. The Hall–Kier alpha value is -2.75. The molecule has 0 aliphatic carbocycles. The number of hydroxylamine groups is 4. The number of carbonyl (C=O) groups excluding carboxylic acids is 1. The van der Waals surface area contributed by atoms with Gasteiger partial charge in [-0.3, -0.25) is 0 Å². The molecular formula is C18H19F3NO9S+. The fraction of sp³-hybridized carbons (Fsp3) is 0.278. The van der Waals surface area contributed by atoms with Crippen LogP contribution in [0, 0.1) is 0 Å². The molecule has 0 radical (unpaired) electrons. The molecule has 0 aliphatic heterocycles. The van der Waals surface area contributed by atoms with Crippen LogP contribution in [0.4, 0.5) is 13.2 Å². The van der Waals surface area contributed by atoms with Gasteiger partial charge in [-0.1, -0.05) is 0 Å². The van der Waals surface area contributed by atoms with Crippen molar-refractivity contribution in [2.45, 2.75) is 23.4 Å². The molecule has 0 aliphatic rings. The summed E-state index contributed by atoms with van der Waals surface area (Å²) < 4.78 is 70.8. The molecule has 4 N–H and O–H groups in total. The van der Waals surface area contributed by atoms with Crippen molar-refractivity contribution in [1.29, 1.82) is 0 Å². The molecule has 176 valence electrons. The number of nitrogens with zero attached hydrogens (tertiary/aromatic N) is 1. The zero-order valence-electron chi connectivity index (χ0n) is 16.1. The van der Waals surface area contributed by atoms with Crippen molar-refractivity contribution in [2.75, 3.05) is 12.4 Å². The summed E-state index contributed by atoms with van der Waals surface area (Å²) in [4.78, 5) is 8.03. The molecular weight excluding hydrogens is 463 g/mol. The van der Waals surface area contributed by atoms with Gasteiger partial charge in [-0.05, 0) is 48.5 Å². The van der Waals surface area contributed by atoms with E-state index in [1.54, 1.807) is 0 Å². The number of sulfone groups is 1. The minimum atomic E-state index is -4.84. The SMILES string of the molecule is O=C[N+](O)(O)[C@H](CS(=O)(=O)c1ccc(Oc2ccc(OC(F)(F)F)cc2)cc1)[C@H](O)CO. The van der Waals surface area contributed by atoms with Gasteiger partial charge in [0.1, 0.15) is 29.1 Å². The Morgan fingerprint density at radius 2 is 1.44 bits per heavy atom. The average molecular weight is 482 g/mol. The van der Waals surface area contributed by atoms with Gasteiger partial charge in [0, 0.05) is 4.81 Å². The van der Waals surface area contributed by atoms with E-state index >= 15 is 0 Å². The second kappa shape index (κ2) is 9.81. The normalized spacial score (nSPS) is 14.5. The maximum atomic E-state index is 12.6. The lowest BCUT2D eigenvalue weighted by Gasteiger charge is -2.27. The molecule has 0 spiro atoms. The molecule has 1 amide bonds. The van der Waals surface area contributed by atoms with Crippen molar-refractivity contribution in [3.8, 4) is 17.2 Å². The van der Waals surface area contributed by atoms with Crippen LogP contribution in [0.1, 0.15) is 0 Å². The van der Waals surface area contributed by atoms with E-state index in [0.717, 1.165) is 24.3 Å². The third-order valence-corrected chi connectivity index (χ3v) is 5.91. The first kappa shape index (κ1) is 25.5. The highest BCUT2D eigenvalue weighted by Crippen LogP contribution is 2.28. The number of carbonyl (C=O) groups is 1. The van der Waals surface area contributed by atoms with Crippen molar-refractivity contribution >= 4 is 16.2 Å². The summed E-state index contributed by atoms with van der Waals surface area (Å²) in [6.45, 7) is -1.03. The lowest BCUT2D eigenvalue weighted by atomic mass is 10.2. The van der Waals surface area contributed by atoms with E-state index in [1.807, 2.05) is 0 Å². The highest BCUT2D eigenvalue weighted by Gasteiger charge is 2.44. The minimum absolute atomic E-state index is 0.128. The Morgan fingerprint density at radius 1 is 0.969 bits per heavy atom. The van der Waals surface area contributed by atoms with Gasteiger partial charge in [0.15, 0.2) is 9.84 Å². The van der Waals surface area contributed by atoms with Gasteiger partial charge in [0.05, 0.1) is 11.5 Å². The fourth-order valence-corrected chi connectivity index (χ4v) is 4.19. The number of halogens is 3. The van der Waals surface area contributed by atoms with Crippen LogP contribution in [0.3, 0.4) is 0 Å². The Labute approximate surface area is 179 Å². The second-order valence-corrected chi connectivity index (χ2v) is 8.53. The van der Waals surface area contributed by atoms with E-state index in [9.17, 15) is 41.9 Å². The van der Waals surface area contributed by atoms with Crippen LogP contribution in [-0.4, -0.2) is 71.1 Å². The van der Waals surface area contributed by atoms with Gasteiger partial charge < -0.3 is 19.7 Å². The first-order chi connectivity index (χ1) is 14.8. The second-order valence-electron chi connectivity index (χ2n) is 6.50. The number of rotatable bonds is 10. The highest BCUT2D eigenvalue weighted by atomic mass is 32.2. The van der Waals surface area contributed by atoms with E-state index in [4.69, 9.17) is 9.84 Å². The van der Waals surface area contributed by atoms with E-state index in [-0.39, 0.29) is 16.4 Å². The van der Waals surface area contributed by atoms with Gasteiger partial charge >= 0.3 is 12.8 Å². The molecule has 0 bridgehead atoms. The van der Waals surface area contributed by atoms with E-state index in [0.29, 0.717) is 0 Å². The van der Waals surface area contributed by atoms with Crippen molar-refractivity contribution < 1.29 is 61.3 Å². The van der Waals surface area contributed by atoms with E-state index < -0.39 is 57.7 Å². The van der Waals surface area contributed by atoms with Crippen LogP contribution in [0.25, 0.3) is 0 Å². The molecule has 10 nitrogen and oxygen atoms in total. The number of alkyl halides is 3. The molecule has 0 saturated heterocycles. The number of hydrogen-bond donors (Lipinski definition) is 4. The number of benzene rings is 2. The third-order valence-electron chi connectivity index (χ3n) is 4.14. The molecule has 0 aromatic heterocycles. The summed E-state index contributed by atoms with van der Waals surface area (Å²) in [7, 11) is -4.26. The smallest absolute Gasteiger partial charge is 0.457 e. The fourth-order valence-electron chi connectivity index (χ4n) is 2.56. The molecule has 0 unspecified atom stereocenters. The third kappa shape index (κ3) is 6.88. The van der Waals surface area contributed by atoms with Crippen LogP contribution < -0.4 is 9.47 Å². The van der Waals surface area contributed by atoms with Crippen LogP contribution in [0.5, 0.6) is 17.2 Å². The van der Waals surface area contributed by atoms with Crippen molar-refractivity contribution in [1.82, 2.24) is 0 Å². The lowest BCUT2D eigenvalue weighted by molar-refractivity contribution is -1.20. The Balaban J connectivity index is 2.14. The Morgan fingerprint density at radius 3 is 1.88 bits per heavy atom.